The minimum absolute atomic E-state index is 0.0152. The van der Waals surface area contributed by atoms with E-state index in [9.17, 15) is 19.7 Å². The van der Waals surface area contributed by atoms with Gasteiger partial charge in [-0.05, 0) is 74.2 Å². The Morgan fingerprint density at radius 2 is 1.86 bits per heavy atom. The molecule has 44 heavy (non-hydrogen) atoms. The lowest BCUT2D eigenvalue weighted by Gasteiger charge is -2.64. The zero-order valence-electron chi connectivity index (χ0n) is 26.9. The summed E-state index contributed by atoms with van der Waals surface area (Å²) in [7, 11) is -0.590. The van der Waals surface area contributed by atoms with E-state index in [-0.39, 0.29) is 48.2 Å². The second kappa shape index (κ2) is 13.8. The van der Waals surface area contributed by atoms with Crippen LogP contribution in [0.2, 0.25) is 0 Å². The van der Waals surface area contributed by atoms with E-state index in [0.29, 0.717) is 31.1 Å². The van der Waals surface area contributed by atoms with E-state index < -0.39 is 35.7 Å². The van der Waals surface area contributed by atoms with Crippen molar-refractivity contribution in [1.82, 2.24) is 16.1 Å². The fraction of sp³-hybridized carbons (Fsp3) is 0.710. The lowest BCUT2D eigenvalue weighted by Crippen LogP contribution is -2.65. The normalized spacial score (nSPS) is 27.5. The van der Waals surface area contributed by atoms with Gasteiger partial charge in [0.2, 0.25) is 11.8 Å². The van der Waals surface area contributed by atoms with Crippen molar-refractivity contribution >= 4 is 24.9 Å². The second-order valence-electron chi connectivity index (χ2n) is 13.8. The molecule has 0 radical (unpaired) electrons. The van der Waals surface area contributed by atoms with Crippen molar-refractivity contribution in [2.75, 3.05) is 6.54 Å². The Bertz CT molecular complexity index is 1220. The fourth-order valence-electron chi connectivity index (χ4n) is 7.52. The third-order valence-corrected chi connectivity index (χ3v) is 10.0. The van der Waals surface area contributed by atoms with Crippen LogP contribution in [0.1, 0.15) is 91.5 Å². The van der Waals surface area contributed by atoms with Gasteiger partial charge in [-0.3, -0.25) is 9.59 Å². The number of nitro groups is 1. The van der Waals surface area contributed by atoms with Crippen LogP contribution in [0.3, 0.4) is 0 Å². The summed E-state index contributed by atoms with van der Waals surface area (Å²) in [5, 5.41) is 16.0. The molecule has 1 saturated heterocycles. The fourth-order valence-corrected chi connectivity index (χ4v) is 7.52. The van der Waals surface area contributed by atoms with Gasteiger partial charge < -0.3 is 25.7 Å². The molecule has 4 aliphatic rings. The smallest absolute Gasteiger partial charge is 0.404 e. The minimum Gasteiger partial charge on any atom is -0.404 e. The van der Waals surface area contributed by atoms with Gasteiger partial charge in [-0.2, -0.15) is 0 Å². The van der Waals surface area contributed by atoms with Crippen molar-refractivity contribution < 1.29 is 23.9 Å². The van der Waals surface area contributed by atoms with Crippen LogP contribution in [0, 0.1) is 33.3 Å². The molecule has 1 heterocycles. The van der Waals surface area contributed by atoms with Gasteiger partial charge in [0.1, 0.15) is 6.04 Å². The number of carbonyl (C=O) groups is 2. The standard InChI is InChI=1S/C31H49BN6O6/c1-7-22(20-12-9-8-10-13-20)27(39)35-23(14-11-15-34-29(33)37-38(41)42)28(40)36-26(16-19(2)3)32-43-25-18-21-17-24(30(21,4)5)31(25,6)44-32/h8-10,12-13,19,21-26H,7,11,14-18H2,1-6H3,(H,35,39)(H,36,40)(H3,33,34,37)/t21-,22+,23+,24-,25-,26+,31+/m1/s1. The summed E-state index contributed by atoms with van der Waals surface area (Å²) in [4.78, 5) is 42.0. The molecular formula is C31H49BN6O6. The third kappa shape index (κ3) is 7.36. The van der Waals surface area contributed by atoms with Crippen molar-refractivity contribution in [3.63, 3.8) is 0 Å². The number of benzene rings is 1. The van der Waals surface area contributed by atoms with Gasteiger partial charge in [-0.15, -0.1) is 0 Å². The Morgan fingerprint density at radius 3 is 2.48 bits per heavy atom. The van der Waals surface area contributed by atoms with Crippen molar-refractivity contribution in [3.05, 3.63) is 46.0 Å². The Kier molecular flexibility index (Phi) is 10.6. The number of nitrogens with zero attached hydrogens (tertiary/aromatic N) is 2. The Morgan fingerprint density at radius 1 is 1.16 bits per heavy atom. The van der Waals surface area contributed by atoms with Crippen LogP contribution in [0.25, 0.3) is 0 Å². The predicted molar refractivity (Wildman–Crippen MR) is 169 cm³/mol. The average Bonchev–Trinajstić information content (AvgIpc) is 3.32. The maximum Gasteiger partial charge on any atom is 0.481 e. The number of guanidine groups is 1. The summed E-state index contributed by atoms with van der Waals surface area (Å²) >= 11 is 0. The molecule has 3 aliphatic carbocycles. The van der Waals surface area contributed by atoms with Gasteiger partial charge in [-0.1, -0.05) is 70.4 Å². The van der Waals surface area contributed by atoms with Gasteiger partial charge in [-0.25, -0.2) is 15.1 Å². The van der Waals surface area contributed by atoms with E-state index in [4.69, 9.17) is 15.0 Å². The zero-order chi connectivity index (χ0) is 32.2. The predicted octanol–water partition coefficient (Wildman–Crippen LogP) is 3.34. The molecule has 0 spiro atoms. The average molecular weight is 613 g/mol. The van der Waals surface area contributed by atoms with Crippen LogP contribution in [0.5, 0.6) is 0 Å². The van der Waals surface area contributed by atoms with Gasteiger partial charge in [0.05, 0.1) is 23.6 Å². The molecule has 242 valence electrons. The summed E-state index contributed by atoms with van der Waals surface area (Å²) in [5.74, 6) is -0.454. The molecule has 0 aromatic heterocycles. The summed E-state index contributed by atoms with van der Waals surface area (Å²) in [6, 6.07) is 8.62. The van der Waals surface area contributed by atoms with E-state index >= 15 is 0 Å². The lowest BCUT2D eigenvalue weighted by atomic mass is 9.43. The van der Waals surface area contributed by atoms with Gasteiger partial charge in [0.15, 0.2) is 5.03 Å². The summed E-state index contributed by atoms with van der Waals surface area (Å²) in [6.45, 7) is 13.1. The van der Waals surface area contributed by atoms with Crippen molar-refractivity contribution in [3.8, 4) is 0 Å². The van der Waals surface area contributed by atoms with E-state index in [1.54, 1.807) is 0 Å². The van der Waals surface area contributed by atoms with Gasteiger partial charge >= 0.3 is 7.12 Å². The quantitative estimate of drug-likeness (QED) is 0.0619. The first-order chi connectivity index (χ1) is 20.8. The van der Waals surface area contributed by atoms with Crippen LogP contribution in [0.4, 0.5) is 0 Å². The maximum absolute atomic E-state index is 13.9. The monoisotopic (exact) mass is 612 g/mol. The van der Waals surface area contributed by atoms with Crippen molar-refractivity contribution in [1.29, 1.82) is 0 Å². The number of hydrogen-bond donors (Lipinski definition) is 4. The van der Waals surface area contributed by atoms with Crippen molar-refractivity contribution in [2.24, 2.45) is 33.9 Å². The molecule has 2 bridgehead atoms. The summed E-state index contributed by atoms with van der Waals surface area (Å²) < 4.78 is 13.3. The molecule has 1 aromatic carbocycles. The number of carbonyl (C=O) groups excluding carboxylic acids is 2. The third-order valence-electron chi connectivity index (χ3n) is 10.0. The number of nitrogens with one attached hydrogen (secondary N) is 3. The topological polar surface area (TPSA) is 170 Å². The molecule has 5 rings (SSSR count). The molecule has 7 atom stereocenters. The number of nitrogens with two attached hydrogens (primary N) is 1. The molecular weight excluding hydrogens is 563 g/mol. The summed E-state index contributed by atoms with van der Waals surface area (Å²) in [6.07, 6.45) is 3.90. The zero-order valence-corrected chi connectivity index (χ0v) is 26.9. The Labute approximate surface area is 260 Å². The highest BCUT2D eigenvalue weighted by molar-refractivity contribution is 6.48. The highest BCUT2D eigenvalue weighted by Crippen LogP contribution is 2.65. The Balaban J connectivity index is 1.49. The van der Waals surface area contributed by atoms with E-state index in [2.05, 4.69) is 50.2 Å². The molecule has 3 saturated carbocycles. The van der Waals surface area contributed by atoms with Crippen LogP contribution in [-0.4, -0.2) is 60.2 Å². The van der Waals surface area contributed by atoms with Crippen LogP contribution >= 0.6 is 0 Å². The largest absolute Gasteiger partial charge is 0.481 e. The first kappa shape index (κ1) is 33.7. The number of hydrogen-bond acceptors (Lipinski definition) is 7. The first-order valence-corrected chi connectivity index (χ1v) is 16.0. The summed E-state index contributed by atoms with van der Waals surface area (Å²) in [5.41, 5.74) is 8.02. The van der Waals surface area contributed by atoms with Gasteiger partial charge in [0, 0.05) is 6.54 Å². The van der Waals surface area contributed by atoms with Crippen LogP contribution in [-0.2, 0) is 18.9 Å². The van der Waals surface area contributed by atoms with Gasteiger partial charge in [0.25, 0.3) is 5.96 Å². The maximum atomic E-state index is 13.9. The van der Waals surface area contributed by atoms with Crippen molar-refractivity contribution in [2.45, 2.75) is 110 Å². The van der Waals surface area contributed by atoms with E-state index in [1.807, 2.05) is 42.7 Å². The molecule has 1 aromatic rings. The van der Waals surface area contributed by atoms with E-state index in [0.717, 1.165) is 18.4 Å². The SMILES string of the molecule is CC[C@H](C(=O)N[C@@H](CCCN=C(N)N[N+](=O)[O-])C(=O)N[C@@H](CC(C)C)B1O[C@@H]2C[C@H]3C[C@H](C3(C)C)[C@]2(C)O1)c1ccccc1. The number of rotatable bonds is 14. The minimum atomic E-state index is -0.860. The Hall–Kier alpha value is -3.19. The van der Waals surface area contributed by atoms with E-state index in [1.165, 1.54) is 0 Å². The van der Waals surface area contributed by atoms with Crippen LogP contribution in [0.15, 0.2) is 35.3 Å². The lowest BCUT2D eigenvalue weighted by molar-refractivity contribution is -0.525. The molecule has 5 N–H and O–H groups in total. The molecule has 4 fully saturated rings. The molecule has 12 nitrogen and oxygen atoms in total. The number of hydrazine groups is 1. The molecule has 2 amide bonds. The van der Waals surface area contributed by atoms with Crippen LogP contribution < -0.4 is 21.8 Å². The number of aliphatic imine (C=N–C) groups is 1. The first-order valence-electron chi connectivity index (χ1n) is 16.0. The highest BCUT2D eigenvalue weighted by Gasteiger charge is 2.68. The number of amides is 2. The molecule has 1 aliphatic heterocycles. The molecule has 0 unspecified atom stereocenters. The highest BCUT2D eigenvalue weighted by atomic mass is 16.7. The molecule has 13 heteroatoms. The second-order valence-corrected chi connectivity index (χ2v) is 13.8.